The molecule has 0 aliphatic rings. The largest absolute Gasteiger partial charge is 0.493 e. The number of nitro benzene ring substituents is 1. The Kier molecular flexibility index (Phi) is 7.72. The van der Waals surface area contributed by atoms with Crippen LogP contribution in [-0.4, -0.2) is 34.1 Å². The standard InChI is InChI=1S/C26H24ClN3O6/c1-35-24-11-18(21(27)12-25(24)36-15-16-6-8-19(9-7-16)30(33)34)14-29-23(26(31)32)10-17-13-28-22-5-3-2-4-20(17)22/h2-9,11-13,23,28-29H,10,14-15H2,1H3,(H,31,32). The predicted molar refractivity (Wildman–Crippen MR) is 136 cm³/mol. The molecule has 186 valence electrons. The van der Waals surface area contributed by atoms with E-state index in [-0.39, 0.29) is 18.8 Å². The van der Waals surface area contributed by atoms with Gasteiger partial charge in [-0.1, -0.05) is 29.8 Å². The van der Waals surface area contributed by atoms with Crippen molar-refractivity contribution >= 4 is 34.2 Å². The molecule has 0 saturated carbocycles. The van der Waals surface area contributed by atoms with Gasteiger partial charge in [0.1, 0.15) is 12.6 Å². The van der Waals surface area contributed by atoms with Crippen LogP contribution in [0.15, 0.2) is 66.9 Å². The van der Waals surface area contributed by atoms with Crippen LogP contribution in [0.3, 0.4) is 0 Å². The number of carboxylic acid groups (broad SMARTS) is 1. The van der Waals surface area contributed by atoms with Crippen LogP contribution in [0.1, 0.15) is 16.7 Å². The topological polar surface area (TPSA) is 127 Å². The Morgan fingerprint density at radius 2 is 1.89 bits per heavy atom. The third-order valence-electron chi connectivity index (χ3n) is 5.81. The van der Waals surface area contributed by atoms with Gasteiger partial charge in [0.05, 0.1) is 12.0 Å². The number of aromatic amines is 1. The molecule has 10 heteroatoms. The lowest BCUT2D eigenvalue weighted by atomic mass is 10.0. The molecule has 0 aliphatic carbocycles. The van der Waals surface area contributed by atoms with Gasteiger partial charge in [0.25, 0.3) is 5.69 Å². The van der Waals surface area contributed by atoms with Crippen molar-refractivity contribution in [2.75, 3.05) is 7.11 Å². The van der Waals surface area contributed by atoms with Crippen molar-refractivity contribution in [2.24, 2.45) is 0 Å². The molecule has 0 fully saturated rings. The van der Waals surface area contributed by atoms with Crippen LogP contribution in [0.4, 0.5) is 5.69 Å². The van der Waals surface area contributed by atoms with Gasteiger partial charge in [-0.15, -0.1) is 0 Å². The number of benzene rings is 3. The van der Waals surface area contributed by atoms with Gasteiger partial charge in [-0.2, -0.15) is 0 Å². The molecule has 4 aromatic rings. The molecule has 0 spiro atoms. The summed E-state index contributed by atoms with van der Waals surface area (Å²) in [6.07, 6.45) is 2.12. The van der Waals surface area contributed by atoms with Crippen molar-refractivity contribution in [1.29, 1.82) is 0 Å². The SMILES string of the molecule is COc1cc(CNC(Cc2c[nH]c3ccccc23)C(=O)O)c(Cl)cc1OCc1ccc([N+](=O)[O-])cc1. The molecule has 9 nitrogen and oxygen atoms in total. The zero-order valence-corrected chi connectivity index (χ0v) is 20.1. The van der Waals surface area contributed by atoms with Gasteiger partial charge < -0.3 is 19.6 Å². The van der Waals surface area contributed by atoms with Crippen LogP contribution in [0.2, 0.25) is 5.02 Å². The van der Waals surface area contributed by atoms with Gasteiger partial charge in [-0.05, 0) is 41.0 Å². The van der Waals surface area contributed by atoms with Gasteiger partial charge in [0.2, 0.25) is 0 Å². The van der Waals surface area contributed by atoms with Gasteiger partial charge in [0.15, 0.2) is 11.5 Å². The quantitative estimate of drug-likeness (QED) is 0.189. The molecule has 4 rings (SSSR count). The average Bonchev–Trinajstić information content (AvgIpc) is 3.28. The van der Waals surface area contributed by atoms with Crippen molar-refractivity contribution in [3.8, 4) is 11.5 Å². The van der Waals surface area contributed by atoms with Gasteiger partial charge in [0, 0.05) is 53.3 Å². The molecular formula is C26H24ClN3O6. The van der Waals surface area contributed by atoms with Crippen molar-refractivity contribution in [3.05, 3.63) is 98.7 Å². The second-order valence-electron chi connectivity index (χ2n) is 8.14. The third kappa shape index (κ3) is 5.76. The first-order valence-electron chi connectivity index (χ1n) is 11.1. The summed E-state index contributed by atoms with van der Waals surface area (Å²) in [7, 11) is 1.50. The molecule has 1 atom stereocenters. The smallest absolute Gasteiger partial charge is 0.321 e. The van der Waals surface area contributed by atoms with Crippen LogP contribution in [0.25, 0.3) is 10.9 Å². The third-order valence-corrected chi connectivity index (χ3v) is 6.16. The molecule has 0 amide bonds. The number of methoxy groups -OCH3 is 1. The van der Waals surface area contributed by atoms with E-state index in [9.17, 15) is 20.0 Å². The summed E-state index contributed by atoms with van der Waals surface area (Å²) < 4.78 is 11.3. The summed E-state index contributed by atoms with van der Waals surface area (Å²) in [6.45, 7) is 0.366. The lowest BCUT2D eigenvalue weighted by molar-refractivity contribution is -0.384. The van der Waals surface area contributed by atoms with E-state index in [0.29, 0.717) is 28.5 Å². The van der Waals surface area contributed by atoms with Crippen LogP contribution < -0.4 is 14.8 Å². The number of carboxylic acids is 1. The molecule has 0 bridgehead atoms. The second kappa shape index (κ2) is 11.1. The minimum atomic E-state index is -0.966. The van der Waals surface area contributed by atoms with Crippen molar-refractivity contribution in [3.63, 3.8) is 0 Å². The average molecular weight is 510 g/mol. The summed E-state index contributed by atoms with van der Waals surface area (Å²) in [5, 5.41) is 25.0. The zero-order chi connectivity index (χ0) is 25.7. The Bertz CT molecular complexity index is 1390. The fourth-order valence-electron chi connectivity index (χ4n) is 3.86. The molecule has 0 radical (unpaired) electrons. The highest BCUT2D eigenvalue weighted by molar-refractivity contribution is 6.31. The Balaban J connectivity index is 1.44. The zero-order valence-electron chi connectivity index (χ0n) is 19.4. The molecule has 1 heterocycles. The number of carbonyl (C=O) groups is 1. The lowest BCUT2D eigenvalue weighted by Gasteiger charge is -2.17. The number of halogens is 1. The van der Waals surface area contributed by atoms with Crippen LogP contribution in [0, 0.1) is 10.1 Å². The van der Waals surface area contributed by atoms with E-state index in [1.807, 2.05) is 30.5 Å². The number of non-ortho nitro benzene ring substituents is 1. The number of ether oxygens (including phenoxy) is 2. The van der Waals surface area contributed by atoms with E-state index in [0.717, 1.165) is 22.0 Å². The fourth-order valence-corrected chi connectivity index (χ4v) is 4.08. The number of nitrogens with zero attached hydrogens (tertiary/aromatic N) is 1. The molecular weight excluding hydrogens is 486 g/mol. The first-order valence-corrected chi connectivity index (χ1v) is 11.5. The highest BCUT2D eigenvalue weighted by Crippen LogP contribution is 2.34. The first kappa shape index (κ1) is 25.0. The van der Waals surface area contributed by atoms with E-state index >= 15 is 0 Å². The minimum Gasteiger partial charge on any atom is -0.493 e. The predicted octanol–water partition coefficient (Wildman–Crippen LogP) is 5.10. The number of aromatic nitrogens is 1. The summed E-state index contributed by atoms with van der Waals surface area (Å²) in [5.74, 6) is -0.133. The number of aliphatic carboxylic acids is 1. The lowest BCUT2D eigenvalue weighted by Crippen LogP contribution is -2.38. The van der Waals surface area contributed by atoms with E-state index in [1.54, 1.807) is 24.3 Å². The summed E-state index contributed by atoms with van der Waals surface area (Å²) in [5.41, 5.74) is 3.26. The fraction of sp³-hybridized carbons (Fsp3) is 0.192. The number of para-hydroxylation sites is 1. The van der Waals surface area contributed by atoms with E-state index < -0.39 is 16.9 Å². The van der Waals surface area contributed by atoms with Gasteiger partial charge in [-0.3, -0.25) is 20.2 Å². The molecule has 0 aliphatic heterocycles. The number of hydrogen-bond donors (Lipinski definition) is 3. The van der Waals surface area contributed by atoms with Crippen molar-refractivity contribution in [2.45, 2.75) is 25.6 Å². The maximum atomic E-state index is 11.9. The molecule has 0 saturated heterocycles. The molecule has 3 aromatic carbocycles. The molecule has 1 unspecified atom stereocenters. The molecule has 1 aromatic heterocycles. The number of nitro groups is 1. The second-order valence-corrected chi connectivity index (χ2v) is 8.55. The first-order chi connectivity index (χ1) is 17.4. The number of fused-ring (bicyclic) bond motifs is 1. The molecule has 3 N–H and O–H groups in total. The van der Waals surface area contributed by atoms with Gasteiger partial charge >= 0.3 is 5.97 Å². The van der Waals surface area contributed by atoms with Crippen LogP contribution >= 0.6 is 11.6 Å². The summed E-state index contributed by atoms with van der Waals surface area (Å²) in [6, 6.07) is 16.3. The maximum absolute atomic E-state index is 11.9. The monoisotopic (exact) mass is 509 g/mol. The maximum Gasteiger partial charge on any atom is 0.321 e. The number of hydrogen-bond acceptors (Lipinski definition) is 6. The van der Waals surface area contributed by atoms with E-state index in [2.05, 4.69) is 10.3 Å². The van der Waals surface area contributed by atoms with E-state index in [1.165, 1.54) is 19.2 Å². The van der Waals surface area contributed by atoms with Crippen molar-refractivity contribution < 1.29 is 24.3 Å². The normalized spacial score (nSPS) is 11.8. The van der Waals surface area contributed by atoms with Crippen molar-refractivity contribution in [1.82, 2.24) is 10.3 Å². The van der Waals surface area contributed by atoms with Gasteiger partial charge in [-0.25, -0.2) is 0 Å². The number of nitrogens with one attached hydrogen (secondary N) is 2. The Labute approximate surface area is 211 Å². The van der Waals surface area contributed by atoms with Crippen LogP contribution in [-0.2, 0) is 24.4 Å². The number of rotatable bonds is 11. The molecule has 36 heavy (non-hydrogen) atoms. The Morgan fingerprint density at radius 3 is 2.58 bits per heavy atom. The summed E-state index contributed by atoms with van der Waals surface area (Å²) in [4.78, 5) is 25.5. The van der Waals surface area contributed by atoms with Crippen LogP contribution in [0.5, 0.6) is 11.5 Å². The summed E-state index contributed by atoms with van der Waals surface area (Å²) >= 11 is 6.48. The minimum absolute atomic E-state index is 0.000543. The highest BCUT2D eigenvalue weighted by atomic mass is 35.5. The van der Waals surface area contributed by atoms with E-state index in [4.69, 9.17) is 21.1 Å². The highest BCUT2D eigenvalue weighted by Gasteiger charge is 2.20. The Hall–Kier alpha value is -4.08. The number of H-pyrrole nitrogens is 1. The Morgan fingerprint density at radius 1 is 1.14 bits per heavy atom.